The van der Waals surface area contributed by atoms with E-state index in [1.165, 1.54) is 0 Å². The van der Waals surface area contributed by atoms with Gasteiger partial charge in [0.15, 0.2) is 0 Å². The Labute approximate surface area is 176 Å². The minimum Gasteiger partial charge on any atom is -0.429 e. The summed E-state index contributed by atoms with van der Waals surface area (Å²) in [5.41, 5.74) is 2.28. The predicted octanol–water partition coefficient (Wildman–Crippen LogP) is 5.97. The van der Waals surface area contributed by atoms with Crippen LogP contribution in [0.25, 0.3) is 11.1 Å². The zero-order valence-corrected chi connectivity index (χ0v) is 17.6. The van der Waals surface area contributed by atoms with Crippen molar-refractivity contribution in [3.63, 3.8) is 0 Å². The first-order valence-corrected chi connectivity index (χ1v) is 10.4. The Morgan fingerprint density at radius 3 is 2.23 bits per heavy atom. The van der Waals surface area contributed by atoms with E-state index in [0.29, 0.717) is 11.8 Å². The largest absolute Gasteiger partial charge is 0.543 e. The van der Waals surface area contributed by atoms with Crippen molar-refractivity contribution in [3.05, 3.63) is 60.2 Å². The fourth-order valence-electron chi connectivity index (χ4n) is 3.95. The lowest BCUT2D eigenvalue weighted by Gasteiger charge is -2.36. The van der Waals surface area contributed by atoms with Gasteiger partial charge in [-0.2, -0.15) is 0 Å². The van der Waals surface area contributed by atoms with E-state index >= 15 is 0 Å². The topological polar surface area (TPSA) is 71.1 Å². The fourth-order valence-corrected chi connectivity index (χ4v) is 3.95. The van der Waals surface area contributed by atoms with E-state index in [4.69, 9.17) is 4.74 Å². The van der Waals surface area contributed by atoms with Crippen molar-refractivity contribution in [3.8, 4) is 11.1 Å². The van der Waals surface area contributed by atoms with Crippen LogP contribution in [0.3, 0.4) is 0 Å². The second-order valence-electron chi connectivity index (χ2n) is 8.20. The fraction of sp³-hybridized carbons (Fsp3) is 0.417. The van der Waals surface area contributed by atoms with E-state index in [9.17, 15) is 9.59 Å². The van der Waals surface area contributed by atoms with Crippen molar-refractivity contribution in [1.82, 2.24) is 0 Å². The highest BCUT2D eigenvalue weighted by Crippen LogP contribution is 2.35. The van der Waals surface area contributed by atoms with Gasteiger partial charge < -0.3 is 4.74 Å². The Kier molecular flexibility index (Phi) is 7.46. The maximum atomic E-state index is 12.1. The van der Waals surface area contributed by atoms with Crippen molar-refractivity contribution in [1.29, 1.82) is 0 Å². The number of rotatable bonds is 6. The van der Waals surface area contributed by atoms with Gasteiger partial charge in [-0.1, -0.05) is 69.7 Å². The molecule has 3 unspecified atom stereocenters. The summed E-state index contributed by atoms with van der Waals surface area (Å²) >= 11 is 0. The van der Waals surface area contributed by atoms with E-state index in [-0.39, 0.29) is 17.6 Å². The third kappa shape index (κ3) is 5.83. The van der Waals surface area contributed by atoms with Crippen LogP contribution in [0.4, 0.5) is 4.79 Å². The number of benzene rings is 2. The summed E-state index contributed by atoms with van der Waals surface area (Å²) in [6.45, 7) is 6.37. The molecular formula is C24H28O6. The van der Waals surface area contributed by atoms with Gasteiger partial charge in [0.25, 0.3) is 0 Å². The van der Waals surface area contributed by atoms with Crippen LogP contribution in [0.2, 0.25) is 0 Å². The summed E-state index contributed by atoms with van der Waals surface area (Å²) < 4.78 is 5.41. The summed E-state index contributed by atoms with van der Waals surface area (Å²) in [6.07, 6.45) is 1.67. The Morgan fingerprint density at radius 1 is 0.900 bits per heavy atom. The molecule has 3 rings (SSSR count). The Bertz CT molecular complexity index is 831. The molecule has 160 valence electrons. The predicted molar refractivity (Wildman–Crippen MR) is 111 cm³/mol. The molecule has 0 saturated heterocycles. The quantitative estimate of drug-likeness (QED) is 0.331. The SMILES string of the molecule is CC1CCC(C(C)C)C(OC(=O)OOOC(=O)c2ccc(-c3ccccc3)cc2)C1. The molecule has 1 saturated carbocycles. The Morgan fingerprint density at radius 2 is 1.57 bits per heavy atom. The van der Waals surface area contributed by atoms with Crippen molar-refractivity contribution in [2.45, 2.75) is 46.1 Å². The smallest absolute Gasteiger partial charge is 0.429 e. The maximum Gasteiger partial charge on any atom is 0.543 e. The van der Waals surface area contributed by atoms with E-state index in [0.717, 1.165) is 30.4 Å². The summed E-state index contributed by atoms with van der Waals surface area (Å²) in [7, 11) is 0. The Hall–Kier alpha value is -2.86. The third-order valence-electron chi connectivity index (χ3n) is 5.65. The molecule has 0 bridgehead atoms. The third-order valence-corrected chi connectivity index (χ3v) is 5.65. The van der Waals surface area contributed by atoms with Crippen LogP contribution in [0.5, 0.6) is 0 Å². The second kappa shape index (κ2) is 10.3. The van der Waals surface area contributed by atoms with Gasteiger partial charge in [-0.15, -0.1) is 0 Å². The molecule has 30 heavy (non-hydrogen) atoms. The maximum absolute atomic E-state index is 12.1. The van der Waals surface area contributed by atoms with Gasteiger partial charge in [-0.3, -0.25) is 4.89 Å². The molecule has 2 aromatic rings. The molecule has 1 aliphatic rings. The molecule has 0 aromatic heterocycles. The lowest BCUT2D eigenvalue weighted by Crippen LogP contribution is -2.36. The molecule has 1 aliphatic carbocycles. The van der Waals surface area contributed by atoms with Gasteiger partial charge in [0.05, 0.1) is 10.6 Å². The van der Waals surface area contributed by atoms with Gasteiger partial charge in [0.2, 0.25) is 0 Å². The summed E-state index contributed by atoms with van der Waals surface area (Å²) in [5.74, 6) is 0.386. The van der Waals surface area contributed by atoms with Crippen LogP contribution in [0.15, 0.2) is 54.6 Å². The number of hydrogen-bond acceptors (Lipinski definition) is 6. The van der Waals surface area contributed by atoms with Gasteiger partial charge in [0, 0.05) is 0 Å². The summed E-state index contributed by atoms with van der Waals surface area (Å²) in [5, 5.41) is 4.37. The van der Waals surface area contributed by atoms with Crippen LogP contribution < -0.4 is 0 Å². The number of ether oxygens (including phenoxy) is 1. The minimum atomic E-state index is -1.01. The average molecular weight is 412 g/mol. The number of hydrogen-bond donors (Lipinski definition) is 0. The first kappa shape index (κ1) is 21.8. The molecule has 0 radical (unpaired) electrons. The normalized spacial score (nSPS) is 21.1. The first-order valence-electron chi connectivity index (χ1n) is 10.4. The van der Waals surface area contributed by atoms with Crippen LogP contribution in [0, 0.1) is 17.8 Å². The standard InChI is InChI=1S/C24H28O6/c1-16(2)21-14-9-17(3)15-22(21)27-24(26)29-30-28-23(25)20-12-10-19(11-13-20)18-7-5-4-6-8-18/h4-8,10-13,16-17,21-22H,9,14-15H2,1-3H3. The lowest BCUT2D eigenvalue weighted by molar-refractivity contribution is -0.453. The van der Waals surface area contributed by atoms with E-state index in [1.54, 1.807) is 24.3 Å². The van der Waals surface area contributed by atoms with Crippen molar-refractivity contribution in [2.24, 2.45) is 17.8 Å². The number of carbonyl (C=O) groups is 2. The molecule has 2 aromatic carbocycles. The molecule has 0 heterocycles. The highest BCUT2D eigenvalue weighted by Gasteiger charge is 2.34. The molecule has 6 nitrogen and oxygen atoms in total. The van der Waals surface area contributed by atoms with Crippen molar-refractivity contribution >= 4 is 12.1 Å². The van der Waals surface area contributed by atoms with Crippen molar-refractivity contribution < 1.29 is 29.1 Å². The molecule has 0 aliphatic heterocycles. The molecule has 0 spiro atoms. The minimum absolute atomic E-state index is 0.230. The van der Waals surface area contributed by atoms with E-state index < -0.39 is 12.1 Å². The molecular weight excluding hydrogens is 384 g/mol. The zero-order valence-electron chi connectivity index (χ0n) is 17.6. The molecule has 6 heteroatoms. The average Bonchev–Trinajstić information content (AvgIpc) is 2.74. The molecule has 3 atom stereocenters. The highest BCUT2D eigenvalue weighted by atomic mass is 17.5. The number of carbonyl (C=O) groups excluding carboxylic acids is 2. The van der Waals surface area contributed by atoms with Crippen LogP contribution in [0.1, 0.15) is 50.4 Å². The van der Waals surface area contributed by atoms with Crippen LogP contribution >= 0.6 is 0 Å². The van der Waals surface area contributed by atoms with Gasteiger partial charge >= 0.3 is 12.1 Å². The molecule has 0 N–H and O–H groups in total. The van der Waals surface area contributed by atoms with E-state index in [1.807, 2.05) is 30.3 Å². The van der Waals surface area contributed by atoms with Gasteiger partial charge in [-0.25, -0.2) is 14.5 Å². The zero-order chi connectivity index (χ0) is 21.5. The van der Waals surface area contributed by atoms with Crippen molar-refractivity contribution in [2.75, 3.05) is 0 Å². The van der Waals surface area contributed by atoms with Crippen LogP contribution in [-0.2, 0) is 19.6 Å². The summed E-state index contributed by atoms with van der Waals surface area (Å²) in [6, 6.07) is 16.6. The second-order valence-corrected chi connectivity index (χ2v) is 8.20. The first-order chi connectivity index (χ1) is 14.4. The summed E-state index contributed by atoms with van der Waals surface area (Å²) in [4.78, 5) is 33.1. The van der Waals surface area contributed by atoms with Gasteiger partial charge in [0.1, 0.15) is 6.10 Å². The van der Waals surface area contributed by atoms with Gasteiger partial charge in [-0.05, 0) is 53.9 Å². The van der Waals surface area contributed by atoms with Crippen LogP contribution in [-0.4, -0.2) is 18.2 Å². The molecule has 1 fully saturated rings. The molecule has 0 amide bonds. The highest BCUT2D eigenvalue weighted by molar-refractivity contribution is 5.89. The Balaban J connectivity index is 1.46. The van der Waals surface area contributed by atoms with E-state index in [2.05, 4.69) is 35.6 Å². The monoisotopic (exact) mass is 412 g/mol. The lowest BCUT2D eigenvalue weighted by atomic mass is 9.75.